The molecule has 0 saturated heterocycles. The number of anilines is 1. The van der Waals surface area contributed by atoms with Crippen LogP contribution in [0, 0.1) is 0 Å². The summed E-state index contributed by atoms with van der Waals surface area (Å²) in [5.41, 5.74) is 2.35. The third-order valence-electron chi connectivity index (χ3n) is 4.98. The summed E-state index contributed by atoms with van der Waals surface area (Å²) in [4.78, 5) is 40.3. The number of carbonyl (C=O) groups excluding carboxylic acids is 3. The third-order valence-corrected chi connectivity index (χ3v) is 5.91. The third kappa shape index (κ3) is 11.1. The first-order valence-electron chi connectivity index (χ1n) is 12.0. The quantitative estimate of drug-likeness (QED) is 0.0983. The molecule has 1 aromatic heterocycles. The first kappa shape index (κ1) is 31.2. The van der Waals surface area contributed by atoms with Gasteiger partial charge in [-0.05, 0) is 58.2 Å². The summed E-state index contributed by atoms with van der Waals surface area (Å²) in [6.07, 6.45) is 3.32. The minimum atomic E-state index is -4.41. The summed E-state index contributed by atoms with van der Waals surface area (Å²) in [6, 6.07) is 7.80. The van der Waals surface area contributed by atoms with Crippen molar-refractivity contribution in [1.29, 1.82) is 0 Å². The highest BCUT2D eigenvalue weighted by Gasteiger charge is 2.22. The van der Waals surface area contributed by atoms with Gasteiger partial charge in [0.15, 0.2) is 0 Å². The van der Waals surface area contributed by atoms with Crippen molar-refractivity contribution in [2.75, 3.05) is 19.1 Å². The molecule has 1 atom stereocenters. The molecular weight excluding hydrogens is 530 g/mol. The van der Waals surface area contributed by atoms with Gasteiger partial charge in [-0.3, -0.25) is 14.8 Å². The topological polar surface area (TPSA) is 185 Å². The van der Waals surface area contributed by atoms with Crippen molar-refractivity contribution in [3.8, 4) is 0 Å². The molecule has 1 aromatic carbocycles. The first-order valence-corrected chi connectivity index (χ1v) is 13.4. The van der Waals surface area contributed by atoms with E-state index in [0.29, 0.717) is 25.8 Å². The highest BCUT2D eigenvalue weighted by atomic mass is 32.2. The van der Waals surface area contributed by atoms with Crippen molar-refractivity contribution in [1.82, 2.24) is 15.6 Å². The molecule has 14 heteroatoms. The Balaban J connectivity index is 1.89. The van der Waals surface area contributed by atoms with Gasteiger partial charge in [0.2, 0.25) is 0 Å². The minimum absolute atomic E-state index is 0.165. The van der Waals surface area contributed by atoms with Gasteiger partial charge in [0.1, 0.15) is 22.4 Å². The summed E-state index contributed by atoms with van der Waals surface area (Å²) in [5.74, 6) is -0.884. The molecule has 1 unspecified atom stereocenters. The molecule has 13 nitrogen and oxygen atoms in total. The standard InChI is InChI=1S/C25H33N5O8S/c1-25(2,3)38-24(33)26-14-8-7-10-19(23(32)37-4)29-22(31)18-12-13-21(27-15-18)30-28-16-17-9-5-6-11-20(17)39(34,35)36/h5-6,9,11-13,15-16,19H,7-8,10,14H2,1-4H3,(H,26,33)(H,27,30)(H,29,31)(H,34,35,36). The number of benzene rings is 1. The van der Waals surface area contributed by atoms with Gasteiger partial charge in [0.05, 0.1) is 18.9 Å². The number of hydrazone groups is 1. The zero-order valence-corrected chi connectivity index (χ0v) is 22.9. The molecule has 4 N–H and O–H groups in total. The van der Waals surface area contributed by atoms with E-state index >= 15 is 0 Å². The molecular formula is C25H33N5O8S. The molecule has 0 aliphatic heterocycles. The monoisotopic (exact) mass is 563 g/mol. The molecule has 2 aromatic rings. The van der Waals surface area contributed by atoms with Gasteiger partial charge >= 0.3 is 12.1 Å². The molecule has 0 bridgehead atoms. The van der Waals surface area contributed by atoms with Crippen molar-refractivity contribution < 1.29 is 36.8 Å². The van der Waals surface area contributed by atoms with E-state index in [1.807, 2.05) is 0 Å². The molecule has 0 radical (unpaired) electrons. The fourth-order valence-corrected chi connectivity index (χ4v) is 3.86. The van der Waals surface area contributed by atoms with Crippen LogP contribution in [0.4, 0.5) is 10.6 Å². The van der Waals surface area contributed by atoms with Gasteiger partial charge < -0.3 is 20.1 Å². The number of rotatable bonds is 12. The van der Waals surface area contributed by atoms with E-state index in [0.717, 1.165) is 0 Å². The number of esters is 1. The fourth-order valence-electron chi connectivity index (χ4n) is 3.20. The number of aromatic nitrogens is 1. The Hall–Kier alpha value is -4.04. The summed E-state index contributed by atoms with van der Waals surface area (Å²) >= 11 is 0. The highest BCUT2D eigenvalue weighted by Crippen LogP contribution is 2.13. The van der Waals surface area contributed by atoms with Gasteiger partial charge in [-0.25, -0.2) is 14.6 Å². The molecule has 1 heterocycles. The predicted molar refractivity (Wildman–Crippen MR) is 143 cm³/mol. The van der Waals surface area contributed by atoms with Crippen LogP contribution in [-0.2, 0) is 24.4 Å². The summed E-state index contributed by atoms with van der Waals surface area (Å²) in [5, 5.41) is 9.17. The number of nitrogens with one attached hydrogen (secondary N) is 3. The Morgan fingerprint density at radius 3 is 2.46 bits per heavy atom. The first-order chi connectivity index (χ1) is 18.3. The van der Waals surface area contributed by atoms with Crippen LogP contribution >= 0.6 is 0 Å². The van der Waals surface area contributed by atoms with Gasteiger partial charge in [-0.2, -0.15) is 13.5 Å². The molecule has 0 fully saturated rings. The summed E-state index contributed by atoms with van der Waals surface area (Å²) in [7, 11) is -3.19. The van der Waals surface area contributed by atoms with E-state index in [1.54, 1.807) is 26.8 Å². The lowest BCUT2D eigenvalue weighted by Gasteiger charge is -2.20. The number of ether oxygens (including phenoxy) is 2. The van der Waals surface area contributed by atoms with Gasteiger partial charge in [-0.15, -0.1) is 0 Å². The number of pyridine rings is 1. The van der Waals surface area contributed by atoms with Crippen LogP contribution in [0.3, 0.4) is 0 Å². The minimum Gasteiger partial charge on any atom is -0.467 e. The van der Waals surface area contributed by atoms with Crippen molar-refractivity contribution in [2.45, 2.75) is 56.6 Å². The molecule has 0 aliphatic carbocycles. The second-order valence-corrected chi connectivity index (χ2v) is 10.7. The second-order valence-electron chi connectivity index (χ2n) is 9.29. The van der Waals surface area contributed by atoms with Crippen LogP contribution in [0.5, 0.6) is 0 Å². The van der Waals surface area contributed by atoms with E-state index in [9.17, 15) is 27.4 Å². The van der Waals surface area contributed by atoms with Crippen LogP contribution in [0.1, 0.15) is 56.0 Å². The Labute approximate surface area is 227 Å². The number of alkyl carbamates (subject to hydrolysis) is 1. The van der Waals surface area contributed by atoms with Crippen LogP contribution in [0.2, 0.25) is 0 Å². The maximum atomic E-state index is 12.7. The summed E-state index contributed by atoms with van der Waals surface area (Å²) < 4.78 is 42.2. The molecule has 39 heavy (non-hydrogen) atoms. The number of amides is 2. The summed E-state index contributed by atoms with van der Waals surface area (Å²) in [6.45, 7) is 5.64. The second kappa shape index (κ2) is 14.2. The van der Waals surface area contributed by atoms with Crippen molar-refractivity contribution in [2.24, 2.45) is 5.10 Å². The van der Waals surface area contributed by atoms with E-state index in [1.165, 1.54) is 49.9 Å². The Bertz CT molecular complexity index is 1270. The number of carbonyl (C=O) groups is 3. The zero-order valence-electron chi connectivity index (χ0n) is 22.1. The number of methoxy groups -OCH3 is 1. The number of hydrogen-bond donors (Lipinski definition) is 4. The molecule has 0 saturated carbocycles. The zero-order chi connectivity index (χ0) is 29.1. The fraction of sp³-hybridized carbons (Fsp3) is 0.400. The number of nitrogens with zero attached hydrogens (tertiary/aromatic N) is 2. The lowest BCUT2D eigenvalue weighted by molar-refractivity contribution is -0.143. The molecule has 0 spiro atoms. The smallest absolute Gasteiger partial charge is 0.407 e. The van der Waals surface area contributed by atoms with E-state index < -0.39 is 39.7 Å². The predicted octanol–water partition coefficient (Wildman–Crippen LogP) is 2.74. The maximum Gasteiger partial charge on any atom is 0.407 e. The van der Waals surface area contributed by atoms with Gasteiger partial charge in [0.25, 0.3) is 16.0 Å². The average molecular weight is 564 g/mol. The van der Waals surface area contributed by atoms with E-state index in [2.05, 4.69) is 26.1 Å². The van der Waals surface area contributed by atoms with Crippen molar-refractivity contribution >= 4 is 40.1 Å². The normalized spacial score (nSPS) is 12.4. The van der Waals surface area contributed by atoms with Crippen LogP contribution in [-0.4, -0.2) is 67.4 Å². The Morgan fingerprint density at radius 2 is 1.85 bits per heavy atom. The number of hydrogen-bond acceptors (Lipinski definition) is 10. The van der Waals surface area contributed by atoms with Gasteiger partial charge in [-0.1, -0.05) is 18.2 Å². The maximum absolute atomic E-state index is 12.7. The highest BCUT2D eigenvalue weighted by molar-refractivity contribution is 7.86. The van der Waals surface area contributed by atoms with Gasteiger partial charge in [0, 0.05) is 18.3 Å². The van der Waals surface area contributed by atoms with Crippen molar-refractivity contribution in [3.63, 3.8) is 0 Å². The Kier molecular flexibility index (Phi) is 11.4. The van der Waals surface area contributed by atoms with Crippen molar-refractivity contribution in [3.05, 3.63) is 53.7 Å². The molecule has 2 rings (SSSR count). The van der Waals surface area contributed by atoms with E-state index in [-0.39, 0.29) is 21.8 Å². The van der Waals surface area contributed by atoms with E-state index in [4.69, 9.17) is 9.47 Å². The largest absolute Gasteiger partial charge is 0.467 e. The van der Waals surface area contributed by atoms with Crippen LogP contribution in [0.15, 0.2) is 52.6 Å². The average Bonchev–Trinajstić information content (AvgIpc) is 2.86. The SMILES string of the molecule is COC(=O)C(CCCCNC(=O)OC(C)(C)C)NC(=O)c1ccc(NN=Cc2ccccc2S(=O)(=O)O)nc1. The lowest BCUT2D eigenvalue weighted by atomic mass is 10.1. The molecule has 2 amide bonds. The molecule has 0 aliphatic rings. The number of unbranched alkanes of at least 4 members (excludes halogenated alkanes) is 1. The Morgan fingerprint density at radius 1 is 1.13 bits per heavy atom. The molecule has 212 valence electrons. The van der Waals surface area contributed by atoms with Crippen LogP contribution < -0.4 is 16.1 Å². The lowest BCUT2D eigenvalue weighted by Crippen LogP contribution is -2.41. The van der Waals surface area contributed by atoms with Crippen LogP contribution in [0.25, 0.3) is 0 Å².